The van der Waals surface area contributed by atoms with Crippen LogP contribution in [0.5, 0.6) is 5.88 Å². The van der Waals surface area contributed by atoms with Gasteiger partial charge in [0.25, 0.3) is 11.5 Å². The summed E-state index contributed by atoms with van der Waals surface area (Å²) in [5.74, 6) is -0.867. The summed E-state index contributed by atoms with van der Waals surface area (Å²) in [4.78, 5) is 24.9. The molecule has 2 aromatic heterocycles. The SMILES string of the molecule is CC(C)(C)Cn1c(O)c(C(=O)NC2CC2)c(=O)n2nc(Br)cc12. The van der Waals surface area contributed by atoms with Crippen LogP contribution in [0.3, 0.4) is 0 Å². The Morgan fingerprint density at radius 1 is 1.48 bits per heavy atom. The normalized spacial score (nSPS) is 15.1. The van der Waals surface area contributed by atoms with Crippen LogP contribution in [-0.2, 0) is 6.54 Å². The highest BCUT2D eigenvalue weighted by molar-refractivity contribution is 9.10. The van der Waals surface area contributed by atoms with E-state index in [0.717, 1.165) is 17.4 Å². The van der Waals surface area contributed by atoms with E-state index in [-0.39, 0.29) is 22.9 Å². The van der Waals surface area contributed by atoms with Crippen molar-refractivity contribution in [2.45, 2.75) is 46.2 Å². The molecular weight excluding hydrogens is 364 g/mol. The summed E-state index contributed by atoms with van der Waals surface area (Å²) in [7, 11) is 0. The van der Waals surface area contributed by atoms with Crippen molar-refractivity contribution in [3.63, 3.8) is 0 Å². The van der Waals surface area contributed by atoms with Crippen molar-refractivity contribution in [1.29, 1.82) is 0 Å². The molecule has 1 fully saturated rings. The first-order valence-corrected chi connectivity index (χ1v) is 8.28. The Balaban J connectivity index is 2.22. The Labute approximate surface area is 141 Å². The van der Waals surface area contributed by atoms with E-state index in [9.17, 15) is 14.7 Å². The molecule has 124 valence electrons. The lowest BCUT2D eigenvalue weighted by Gasteiger charge is -2.23. The molecule has 2 heterocycles. The Hall–Kier alpha value is -1.83. The van der Waals surface area contributed by atoms with E-state index < -0.39 is 11.5 Å². The molecule has 0 bridgehead atoms. The molecule has 0 aromatic carbocycles. The summed E-state index contributed by atoms with van der Waals surface area (Å²) in [5.41, 5.74) is -0.596. The second-order valence-corrected chi connectivity index (χ2v) is 7.95. The first-order chi connectivity index (χ1) is 10.7. The van der Waals surface area contributed by atoms with Gasteiger partial charge in [0.05, 0.1) is 0 Å². The fourth-order valence-electron chi connectivity index (χ4n) is 2.44. The number of carbonyl (C=O) groups is 1. The van der Waals surface area contributed by atoms with Crippen LogP contribution >= 0.6 is 15.9 Å². The zero-order valence-electron chi connectivity index (χ0n) is 13.3. The molecule has 2 aromatic rings. The molecule has 0 atom stereocenters. The smallest absolute Gasteiger partial charge is 0.291 e. The molecule has 2 N–H and O–H groups in total. The predicted molar refractivity (Wildman–Crippen MR) is 88.8 cm³/mol. The number of amides is 1. The summed E-state index contributed by atoms with van der Waals surface area (Å²) >= 11 is 3.24. The maximum absolute atomic E-state index is 12.6. The Kier molecular flexibility index (Phi) is 3.74. The van der Waals surface area contributed by atoms with Gasteiger partial charge in [-0.15, -0.1) is 0 Å². The minimum Gasteiger partial charge on any atom is -0.494 e. The maximum atomic E-state index is 12.6. The lowest BCUT2D eigenvalue weighted by Crippen LogP contribution is -2.35. The number of nitrogens with one attached hydrogen (secondary N) is 1. The molecule has 1 amide bonds. The summed E-state index contributed by atoms with van der Waals surface area (Å²) < 4.78 is 3.18. The minimum absolute atomic E-state index is 0.0948. The third-order valence-electron chi connectivity index (χ3n) is 3.59. The molecular formula is C15H19BrN4O3. The van der Waals surface area contributed by atoms with Crippen LogP contribution in [0.25, 0.3) is 5.65 Å². The summed E-state index contributed by atoms with van der Waals surface area (Å²) in [6.45, 7) is 6.47. The molecule has 0 spiro atoms. The van der Waals surface area contributed by atoms with Gasteiger partial charge in [0.2, 0.25) is 5.88 Å². The van der Waals surface area contributed by atoms with Gasteiger partial charge in [-0.1, -0.05) is 20.8 Å². The van der Waals surface area contributed by atoms with Crippen LogP contribution in [0.2, 0.25) is 0 Å². The van der Waals surface area contributed by atoms with Gasteiger partial charge in [0.1, 0.15) is 10.3 Å². The zero-order chi connectivity index (χ0) is 16.9. The number of fused-ring (bicyclic) bond motifs is 1. The van der Waals surface area contributed by atoms with Crippen molar-refractivity contribution in [3.05, 3.63) is 26.6 Å². The fourth-order valence-corrected chi connectivity index (χ4v) is 2.81. The number of aromatic hydroxyl groups is 1. The molecule has 7 nitrogen and oxygen atoms in total. The molecule has 23 heavy (non-hydrogen) atoms. The highest BCUT2D eigenvalue weighted by Gasteiger charge is 2.30. The van der Waals surface area contributed by atoms with Crippen molar-refractivity contribution >= 4 is 27.5 Å². The third-order valence-corrected chi connectivity index (χ3v) is 3.98. The number of hydrogen-bond acceptors (Lipinski definition) is 4. The first kappa shape index (κ1) is 16.0. The largest absolute Gasteiger partial charge is 0.494 e. The van der Waals surface area contributed by atoms with Gasteiger partial charge in [-0.05, 0) is 34.2 Å². The molecule has 0 radical (unpaired) electrons. The number of rotatable bonds is 3. The van der Waals surface area contributed by atoms with Crippen molar-refractivity contribution in [2.24, 2.45) is 5.41 Å². The predicted octanol–water partition coefficient (Wildman–Crippen LogP) is 1.90. The average Bonchev–Trinajstić information content (AvgIpc) is 3.13. The number of nitrogens with zero attached hydrogens (tertiary/aromatic N) is 3. The van der Waals surface area contributed by atoms with E-state index in [1.54, 1.807) is 10.6 Å². The van der Waals surface area contributed by atoms with E-state index >= 15 is 0 Å². The van der Waals surface area contributed by atoms with Crippen molar-refractivity contribution in [3.8, 4) is 5.88 Å². The second kappa shape index (κ2) is 5.36. The van der Waals surface area contributed by atoms with Gasteiger partial charge in [0, 0.05) is 18.7 Å². The van der Waals surface area contributed by atoms with Gasteiger partial charge < -0.3 is 10.4 Å². The van der Waals surface area contributed by atoms with Crippen molar-refractivity contribution in [1.82, 2.24) is 19.5 Å². The zero-order valence-corrected chi connectivity index (χ0v) is 14.8. The average molecular weight is 383 g/mol. The number of aromatic nitrogens is 3. The van der Waals surface area contributed by atoms with Crippen LogP contribution < -0.4 is 10.9 Å². The van der Waals surface area contributed by atoms with E-state index in [1.807, 2.05) is 20.8 Å². The van der Waals surface area contributed by atoms with Crippen LogP contribution in [0.1, 0.15) is 44.0 Å². The van der Waals surface area contributed by atoms with Gasteiger partial charge in [-0.3, -0.25) is 14.2 Å². The Bertz CT molecular complexity index is 843. The van der Waals surface area contributed by atoms with E-state index in [2.05, 4.69) is 26.3 Å². The molecule has 0 aliphatic heterocycles. The number of carbonyl (C=O) groups excluding carboxylic acids is 1. The molecule has 1 aliphatic carbocycles. The molecule has 1 saturated carbocycles. The Morgan fingerprint density at radius 3 is 2.70 bits per heavy atom. The van der Waals surface area contributed by atoms with E-state index in [4.69, 9.17) is 0 Å². The maximum Gasteiger partial charge on any atom is 0.291 e. The lowest BCUT2D eigenvalue weighted by molar-refractivity contribution is 0.0944. The van der Waals surface area contributed by atoms with E-state index in [1.165, 1.54) is 0 Å². The highest BCUT2D eigenvalue weighted by atomic mass is 79.9. The second-order valence-electron chi connectivity index (χ2n) is 7.14. The van der Waals surface area contributed by atoms with Crippen LogP contribution in [0.4, 0.5) is 0 Å². The monoisotopic (exact) mass is 382 g/mol. The minimum atomic E-state index is -0.619. The highest BCUT2D eigenvalue weighted by Crippen LogP contribution is 2.26. The quantitative estimate of drug-likeness (QED) is 0.848. The van der Waals surface area contributed by atoms with Crippen LogP contribution in [0, 0.1) is 5.41 Å². The topological polar surface area (TPSA) is 88.6 Å². The molecule has 3 rings (SSSR count). The van der Waals surface area contributed by atoms with Crippen molar-refractivity contribution in [2.75, 3.05) is 0 Å². The van der Waals surface area contributed by atoms with Crippen LogP contribution in [-0.4, -0.2) is 31.2 Å². The molecule has 0 unspecified atom stereocenters. The van der Waals surface area contributed by atoms with Crippen LogP contribution in [0.15, 0.2) is 15.5 Å². The third kappa shape index (κ3) is 3.12. The van der Waals surface area contributed by atoms with Gasteiger partial charge in [-0.25, -0.2) is 0 Å². The summed E-state index contributed by atoms with van der Waals surface area (Å²) in [5, 5.41) is 17.4. The standard InChI is InChI=1S/C15H19BrN4O3/c1-15(2,3)7-19-10-6-9(16)18-20(10)14(23)11(13(19)22)12(21)17-8-4-5-8/h6,8,22H,4-5,7H2,1-3H3,(H,17,21). The molecule has 0 saturated heterocycles. The van der Waals surface area contributed by atoms with Gasteiger partial charge in [0.15, 0.2) is 5.56 Å². The first-order valence-electron chi connectivity index (χ1n) is 7.49. The van der Waals surface area contributed by atoms with Crippen molar-refractivity contribution < 1.29 is 9.90 Å². The number of halogens is 1. The Morgan fingerprint density at radius 2 is 2.13 bits per heavy atom. The van der Waals surface area contributed by atoms with Gasteiger partial charge >= 0.3 is 0 Å². The van der Waals surface area contributed by atoms with Gasteiger partial charge in [-0.2, -0.15) is 9.61 Å². The van der Waals surface area contributed by atoms with E-state index in [0.29, 0.717) is 16.8 Å². The summed E-state index contributed by atoms with van der Waals surface area (Å²) in [6.07, 6.45) is 1.80. The fraction of sp³-hybridized carbons (Fsp3) is 0.533. The molecule has 1 aliphatic rings. The lowest BCUT2D eigenvalue weighted by atomic mass is 9.96. The number of hydrogen-bond donors (Lipinski definition) is 2. The molecule has 8 heteroatoms. The summed E-state index contributed by atoms with van der Waals surface area (Å²) in [6, 6.07) is 1.74.